The fourth-order valence-electron chi connectivity index (χ4n) is 1.67. The molecule has 1 aromatic carbocycles. The predicted molar refractivity (Wildman–Crippen MR) is 67.3 cm³/mol. The zero-order valence-electron chi connectivity index (χ0n) is 10.4. The van der Waals surface area contributed by atoms with Crippen molar-refractivity contribution in [3.8, 4) is 0 Å². The van der Waals surface area contributed by atoms with E-state index in [4.69, 9.17) is 0 Å². The Morgan fingerprint density at radius 2 is 1.88 bits per heavy atom. The van der Waals surface area contributed by atoms with E-state index < -0.39 is 0 Å². The molecule has 0 radical (unpaired) electrons. The molecular weight excluding hydrogens is 198 g/mol. The first-order valence-electron chi connectivity index (χ1n) is 6.05. The van der Waals surface area contributed by atoms with Gasteiger partial charge in [0.05, 0.1) is 6.04 Å². The van der Waals surface area contributed by atoms with E-state index in [-0.39, 0.29) is 11.9 Å². The lowest BCUT2D eigenvalue weighted by Crippen LogP contribution is -2.26. The minimum Gasteiger partial charge on any atom is -0.350 e. The summed E-state index contributed by atoms with van der Waals surface area (Å²) in [5, 5.41) is 3.00. The van der Waals surface area contributed by atoms with Gasteiger partial charge in [-0.15, -0.1) is 0 Å². The van der Waals surface area contributed by atoms with Crippen LogP contribution in [0.15, 0.2) is 24.3 Å². The van der Waals surface area contributed by atoms with Gasteiger partial charge in [-0.05, 0) is 30.9 Å². The van der Waals surface area contributed by atoms with Crippen molar-refractivity contribution in [2.45, 2.75) is 46.1 Å². The average molecular weight is 219 g/mol. The lowest BCUT2D eigenvalue weighted by atomic mass is 10.0. The standard InChI is InChI=1S/C14H21NO/c1-4-6-14(16)15-11(3)13-9-7-12(5-2)8-10-13/h7-11H,4-6H2,1-3H3,(H,15,16). The quantitative estimate of drug-likeness (QED) is 0.809. The van der Waals surface area contributed by atoms with Gasteiger partial charge in [-0.1, -0.05) is 38.1 Å². The monoisotopic (exact) mass is 219 g/mol. The van der Waals surface area contributed by atoms with Gasteiger partial charge in [0.25, 0.3) is 0 Å². The summed E-state index contributed by atoms with van der Waals surface area (Å²) in [5.41, 5.74) is 2.50. The molecule has 0 aliphatic heterocycles. The molecule has 1 rings (SSSR count). The van der Waals surface area contributed by atoms with Crippen molar-refractivity contribution in [3.05, 3.63) is 35.4 Å². The molecule has 0 aromatic heterocycles. The summed E-state index contributed by atoms with van der Waals surface area (Å²) in [4.78, 5) is 11.4. The molecule has 1 amide bonds. The van der Waals surface area contributed by atoms with Crippen LogP contribution in [-0.4, -0.2) is 5.91 Å². The highest BCUT2D eigenvalue weighted by Crippen LogP contribution is 2.13. The van der Waals surface area contributed by atoms with Crippen LogP contribution in [0, 0.1) is 0 Å². The Morgan fingerprint density at radius 3 is 2.38 bits per heavy atom. The normalized spacial score (nSPS) is 12.2. The first-order chi connectivity index (χ1) is 7.67. The first kappa shape index (κ1) is 12.8. The largest absolute Gasteiger partial charge is 0.350 e. The number of carbonyl (C=O) groups is 1. The molecule has 16 heavy (non-hydrogen) atoms. The lowest BCUT2D eigenvalue weighted by Gasteiger charge is -2.14. The van der Waals surface area contributed by atoms with Crippen LogP contribution in [0.1, 0.15) is 50.8 Å². The summed E-state index contributed by atoms with van der Waals surface area (Å²) in [6.07, 6.45) is 2.56. The van der Waals surface area contributed by atoms with Crippen LogP contribution in [0.5, 0.6) is 0 Å². The van der Waals surface area contributed by atoms with Crippen LogP contribution < -0.4 is 5.32 Å². The van der Waals surface area contributed by atoms with Gasteiger partial charge in [-0.25, -0.2) is 0 Å². The van der Waals surface area contributed by atoms with Gasteiger partial charge in [0.1, 0.15) is 0 Å². The van der Waals surface area contributed by atoms with E-state index >= 15 is 0 Å². The Labute approximate surface area is 98.1 Å². The third-order valence-electron chi connectivity index (χ3n) is 2.74. The average Bonchev–Trinajstić information content (AvgIpc) is 2.29. The number of hydrogen-bond acceptors (Lipinski definition) is 1. The number of nitrogens with one attached hydrogen (secondary N) is 1. The highest BCUT2D eigenvalue weighted by atomic mass is 16.1. The van der Waals surface area contributed by atoms with E-state index in [9.17, 15) is 4.79 Å². The molecule has 0 fully saturated rings. The fourth-order valence-corrected chi connectivity index (χ4v) is 1.67. The Kier molecular flexibility index (Phi) is 5.03. The van der Waals surface area contributed by atoms with Crippen molar-refractivity contribution in [1.82, 2.24) is 5.32 Å². The van der Waals surface area contributed by atoms with E-state index in [1.807, 2.05) is 13.8 Å². The second-order valence-corrected chi connectivity index (χ2v) is 4.13. The summed E-state index contributed by atoms with van der Waals surface area (Å²) in [5.74, 6) is 0.134. The number of aryl methyl sites for hydroxylation is 1. The number of amides is 1. The van der Waals surface area contributed by atoms with Gasteiger partial charge in [-0.3, -0.25) is 4.79 Å². The molecule has 0 saturated carbocycles. The molecule has 1 aromatic rings. The van der Waals surface area contributed by atoms with Crippen molar-refractivity contribution < 1.29 is 4.79 Å². The SMILES string of the molecule is CCCC(=O)NC(C)c1ccc(CC)cc1. The Morgan fingerprint density at radius 1 is 1.25 bits per heavy atom. The number of benzene rings is 1. The van der Waals surface area contributed by atoms with Gasteiger partial charge in [0.2, 0.25) is 5.91 Å². The first-order valence-corrected chi connectivity index (χ1v) is 6.05. The summed E-state index contributed by atoms with van der Waals surface area (Å²) in [6, 6.07) is 8.53. The molecule has 0 spiro atoms. The minimum absolute atomic E-state index is 0.102. The smallest absolute Gasteiger partial charge is 0.220 e. The summed E-state index contributed by atoms with van der Waals surface area (Å²) >= 11 is 0. The fraction of sp³-hybridized carbons (Fsp3) is 0.500. The molecule has 1 atom stereocenters. The van der Waals surface area contributed by atoms with E-state index in [1.54, 1.807) is 0 Å². The van der Waals surface area contributed by atoms with E-state index in [0.717, 1.165) is 12.8 Å². The maximum absolute atomic E-state index is 11.4. The Bertz CT molecular complexity index is 329. The van der Waals surface area contributed by atoms with Crippen LogP contribution in [0.2, 0.25) is 0 Å². The van der Waals surface area contributed by atoms with Crippen LogP contribution in [0.3, 0.4) is 0 Å². The lowest BCUT2D eigenvalue weighted by molar-refractivity contribution is -0.121. The van der Waals surface area contributed by atoms with Crippen LogP contribution in [0.4, 0.5) is 0 Å². The van der Waals surface area contributed by atoms with E-state index in [1.165, 1.54) is 11.1 Å². The Balaban J connectivity index is 2.58. The van der Waals surface area contributed by atoms with Crippen molar-refractivity contribution in [1.29, 1.82) is 0 Å². The molecule has 2 nitrogen and oxygen atoms in total. The van der Waals surface area contributed by atoms with Crippen molar-refractivity contribution in [3.63, 3.8) is 0 Å². The van der Waals surface area contributed by atoms with Gasteiger partial charge >= 0.3 is 0 Å². The molecule has 0 aliphatic rings. The van der Waals surface area contributed by atoms with Crippen molar-refractivity contribution in [2.24, 2.45) is 0 Å². The predicted octanol–water partition coefficient (Wildman–Crippen LogP) is 3.23. The summed E-state index contributed by atoms with van der Waals surface area (Å²) in [7, 11) is 0. The molecular formula is C14H21NO. The highest BCUT2D eigenvalue weighted by molar-refractivity contribution is 5.76. The van der Waals surface area contributed by atoms with Crippen molar-refractivity contribution >= 4 is 5.91 Å². The molecule has 0 bridgehead atoms. The van der Waals surface area contributed by atoms with Crippen LogP contribution >= 0.6 is 0 Å². The molecule has 1 N–H and O–H groups in total. The van der Waals surface area contributed by atoms with E-state index in [0.29, 0.717) is 6.42 Å². The zero-order chi connectivity index (χ0) is 12.0. The summed E-state index contributed by atoms with van der Waals surface area (Å²) < 4.78 is 0. The highest BCUT2D eigenvalue weighted by Gasteiger charge is 2.08. The molecule has 2 heteroatoms. The number of carbonyl (C=O) groups excluding carboxylic acids is 1. The third-order valence-corrected chi connectivity index (χ3v) is 2.74. The maximum Gasteiger partial charge on any atom is 0.220 e. The summed E-state index contributed by atoms with van der Waals surface area (Å²) in [6.45, 7) is 6.18. The third kappa shape index (κ3) is 3.69. The molecule has 88 valence electrons. The van der Waals surface area contributed by atoms with Gasteiger partial charge in [-0.2, -0.15) is 0 Å². The van der Waals surface area contributed by atoms with Gasteiger partial charge < -0.3 is 5.32 Å². The second kappa shape index (κ2) is 6.31. The van der Waals surface area contributed by atoms with Crippen LogP contribution in [-0.2, 0) is 11.2 Å². The Hall–Kier alpha value is -1.31. The number of hydrogen-bond donors (Lipinski definition) is 1. The van der Waals surface area contributed by atoms with E-state index in [2.05, 4.69) is 36.5 Å². The molecule has 0 saturated heterocycles. The number of rotatable bonds is 5. The van der Waals surface area contributed by atoms with Crippen molar-refractivity contribution in [2.75, 3.05) is 0 Å². The molecule has 0 aliphatic carbocycles. The maximum atomic E-state index is 11.4. The molecule has 1 unspecified atom stereocenters. The topological polar surface area (TPSA) is 29.1 Å². The van der Waals surface area contributed by atoms with Gasteiger partial charge in [0.15, 0.2) is 0 Å². The molecule has 0 heterocycles. The minimum atomic E-state index is 0.102. The van der Waals surface area contributed by atoms with Crippen LogP contribution in [0.25, 0.3) is 0 Å². The van der Waals surface area contributed by atoms with Gasteiger partial charge in [0, 0.05) is 6.42 Å². The zero-order valence-corrected chi connectivity index (χ0v) is 10.4. The second-order valence-electron chi connectivity index (χ2n) is 4.13.